The minimum Gasteiger partial charge on any atom is -0.361 e. The van der Waals surface area contributed by atoms with E-state index in [0.717, 1.165) is 37.5 Å². The Morgan fingerprint density at radius 2 is 2.04 bits per heavy atom. The molecule has 1 atom stereocenters. The second-order valence-corrected chi connectivity index (χ2v) is 6.91. The van der Waals surface area contributed by atoms with Crippen LogP contribution in [-0.2, 0) is 6.18 Å². The molecule has 5 nitrogen and oxygen atoms in total. The molecule has 1 aromatic heterocycles. The highest BCUT2D eigenvalue weighted by atomic mass is 35.5. The van der Waals surface area contributed by atoms with Crippen molar-refractivity contribution in [2.45, 2.75) is 38.4 Å². The maximum atomic E-state index is 12.9. The maximum absolute atomic E-state index is 12.9. The fraction of sp³-hybridized carbons (Fsp3) is 0.389. The number of hydrogen-bond acceptors (Lipinski definition) is 4. The van der Waals surface area contributed by atoms with Gasteiger partial charge >= 0.3 is 11.9 Å². The van der Waals surface area contributed by atoms with Gasteiger partial charge in [0, 0.05) is 22.8 Å². The van der Waals surface area contributed by atoms with Crippen LogP contribution in [0.4, 0.5) is 24.7 Å². The molecule has 0 spiro atoms. The number of rotatable bonds is 6. The SMILES string of the molecule is CCC(Nc1nccc(-c2ccc(C(F)(F)F)cc2Cl)c1[N+](=O)[O-])C1CC1. The molecular weight excluding hydrogens is 383 g/mol. The first-order valence-electron chi connectivity index (χ1n) is 8.49. The molecule has 0 radical (unpaired) electrons. The molecule has 1 fully saturated rings. The summed E-state index contributed by atoms with van der Waals surface area (Å²) in [5, 5.41) is 14.6. The molecule has 1 aliphatic carbocycles. The third kappa shape index (κ3) is 4.16. The highest BCUT2D eigenvalue weighted by molar-refractivity contribution is 6.33. The molecule has 144 valence electrons. The van der Waals surface area contributed by atoms with E-state index >= 15 is 0 Å². The van der Waals surface area contributed by atoms with E-state index in [2.05, 4.69) is 10.3 Å². The first kappa shape index (κ1) is 19.4. The van der Waals surface area contributed by atoms with Gasteiger partial charge in [0.2, 0.25) is 5.82 Å². The van der Waals surface area contributed by atoms with E-state index < -0.39 is 16.7 Å². The van der Waals surface area contributed by atoms with E-state index in [1.807, 2.05) is 6.92 Å². The summed E-state index contributed by atoms with van der Waals surface area (Å²) in [6.07, 6.45) is -0.252. The number of hydrogen-bond donors (Lipinski definition) is 1. The van der Waals surface area contributed by atoms with Crippen LogP contribution < -0.4 is 5.32 Å². The molecule has 3 rings (SSSR count). The topological polar surface area (TPSA) is 68.1 Å². The molecule has 1 aliphatic rings. The summed E-state index contributed by atoms with van der Waals surface area (Å²) in [7, 11) is 0. The molecule has 0 bridgehead atoms. The van der Waals surface area contributed by atoms with E-state index in [9.17, 15) is 23.3 Å². The van der Waals surface area contributed by atoms with E-state index in [4.69, 9.17) is 11.6 Å². The number of nitrogens with one attached hydrogen (secondary N) is 1. The van der Waals surface area contributed by atoms with Crippen LogP contribution in [0.5, 0.6) is 0 Å². The van der Waals surface area contributed by atoms with Gasteiger partial charge in [-0.2, -0.15) is 13.2 Å². The average molecular weight is 400 g/mol. The van der Waals surface area contributed by atoms with Crippen LogP contribution in [0, 0.1) is 16.0 Å². The molecular formula is C18H17ClF3N3O2. The Morgan fingerprint density at radius 3 is 2.56 bits per heavy atom. The van der Waals surface area contributed by atoms with Gasteiger partial charge < -0.3 is 5.32 Å². The predicted octanol–water partition coefficient (Wildman–Crippen LogP) is 5.93. The largest absolute Gasteiger partial charge is 0.416 e. The number of benzene rings is 1. The number of anilines is 1. The Kier molecular flexibility index (Phi) is 5.28. The first-order valence-corrected chi connectivity index (χ1v) is 8.87. The summed E-state index contributed by atoms with van der Waals surface area (Å²) in [5.41, 5.74) is -0.924. The van der Waals surface area contributed by atoms with E-state index in [-0.39, 0.29) is 33.7 Å². The van der Waals surface area contributed by atoms with Crippen molar-refractivity contribution >= 4 is 23.1 Å². The standard InChI is InChI=1S/C18H17ClF3N3O2/c1-2-15(10-3-4-10)24-17-16(25(26)27)13(7-8-23-17)12-6-5-11(9-14(12)19)18(20,21)22/h5-10,15H,2-4H2,1H3,(H,23,24). The lowest BCUT2D eigenvalue weighted by molar-refractivity contribution is -0.383. The van der Waals surface area contributed by atoms with Crippen LogP contribution in [0.2, 0.25) is 5.02 Å². The third-order valence-corrected chi connectivity index (χ3v) is 4.96. The van der Waals surface area contributed by atoms with Crippen molar-refractivity contribution in [3.63, 3.8) is 0 Å². The Morgan fingerprint density at radius 1 is 1.33 bits per heavy atom. The molecule has 0 amide bonds. The number of halogens is 4. The minimum absolute atomic E-state index is 0.0644. The monoisotopic (exact) mass is 399 g/mol. The molecule has 27 heavy (non-hydrogen) atoms. The van der Waals surface area contributed by atoms with Crippen molar-refractivity contribution < 1.29 is 18.1 Å². The highest BCUT2D eigenvalue weighted by Gasteiger charge is 2.34. The summed E-state index contributed by atoms with van der Waals surface area (Å²) in [4.78, 5) is 15.2. The fourth-order valence-corrected chi connectivity index (χ4v) is 3.38. The molecule has 2 aromatic rings. The summed E-state index contributed by atoms with van der Waals surface area (Å²) in [6.45, 7) is 1.98. The van der Waals surface area contributed by atoms with Gasteiger partial charge in [0.25, 0.3) is 0 Å². The Hall–Kier alpha value is -2.35. The zero-order valence-corrected chi connectivity index (χ0v) is 15.1. The smallest absolute Gasteiger partial charge is 0.361 e. The zero-order valence-electron chi connectivity index (χ0n) is 14.4. The highest BCUT2D eigenvalue weighted by Crippen LogP contribution is 2.42. The second kappa shape index (κ2) is 7.34. The van der Waals surface area contributed by atoms with Gasteiger partial charge in [-0.05, 0) is 43.4 Å². The molecule has 1 aromatic carbocycles. The lowest BCUT2D eigenvalue weighted by Crippen LogP contribution is -2.22. The van der Waals surface area contributed by atoms with Crippen molar-refractivity contribution in [3.8, 4) is 11.1 Å². The minimum atomic E-state index is -4.54. The summed E-state index contributed by atoms with van der Waals surface area (Å²) in [6, 6.07) is 4.23. The summed E-state index contributed by atoms with van der Waals surface area (Å²) >= 11 is 6.03. The van der Waals surface area contributed by atoms with Crippen molar-refractivity contribution in [3.05, 3.63) is 51.2 Å². The van der Waals surface area contributed by atoms with Gasteiger partial charge in [0.1, 0.15) is 0 Å². The molecule has 1 N–H and O–H groups in total. The van der Waals surface area contributed by atoms with Crippen LogP contribution in [0.1, 0.15) is 31.7 Å². The normalized spacial score (nSPS) is 15.4. The molecule has 9 heteroatoms. The molecule has 0 saturated heterocycles. The zero-order chi connectivity index (χ0) is 19.8. The summed E-state index contributed by atoms with van der Waals surface area (Å²) < 4.78 is 38.6. The van der Waals surface area contributed by atoms with E-state index in [1.54, 1.807) is 0 Å². The summed E-state index contributed by atoms with van der Waals surface area (Å²) in [5.74, 6) is 0.557. The second-order valence-electron chi connectivity index (χ2n) is 6.50. The van der Waals surface area contributed by atoms with Crippen molar-refractivity contribution in [1.29, 1.82) is 0 Å². The van der Waals surface area contributed by atoms with Gasteiger partial charge in [0.15, 0.2) is 0 Å². The van der Waals surface area contributed by atoms with Gasteiger partial charge in [-0.15, -0.1) is 0 Å². The number of pyridine rings is 1. The van der Waals surface area contributed by atoms with Crippen molar-refractivity contribution in [2.24, 2.45) is 5.92 Å². The number of alkyl halides is 3. The number of aromatic nitrogens is 1. The Bertz CT molecular complexity index is 869. The quantitative estimate of drug-likeness (QED) is 0.483. The van der Waals surface area contributed by atoms with Crippen molar-refractivity contribution in [1.82, 2.24) is 4.98 Å². The predicted molar refractivity (Wildman–Crippen MR) is 96.8 cm³/mol. The first-order chi connectivity index (χ1) is 12.7. The third-order valence-electron chi connectivity index (χ3n) is 4.65. The maximum Gasteiger partial charge on any atom is 0.416 e. The number of nitro groups is 1. The van der Waals surface area contributed by atoms with E-state index in [1.165, 1.54) is 12.3 Å². The van der Waals surface area contributed by atoms with Crippen LogP contribution in [-0.4, -0.2) is 15.9 Å². The molecule has 1 heterocycles. The van der Waals surface area contributed by atoms with Gasteiger partial charge in [-0.25, -0.2) is 4.98 Å². The fourth-order valence-electron chi connectivity index (χ4n) is 3.10. The molecule has 1 unspecified atom stereocenters. The van der Waals surface area contributed by atoms with Gasteiger partial charge in [-0.1, -0.05) is 24.6 Å². The van der Waals surface area contributed by atoms with Crippen LogP contribution in [0.15, 0.2) is 30.5 Å². The van der Waals surface area contributed by atoms with Crippen molar-refractivity contribution in [2.75, 3.05) is 5.32 Å². The number of nitrogens with zero attached hydrogens (tertiary/aromatic N) is 2. The molecule has 1 saturated carbocycles. The van der Waals surface area contributed by atoms with Gasteiger partial charge in [-0.3, -0.25) is 10.1 Å². The molecule has 0 aliphatic heterocycles. The Labute approximate surface area is 158 Å². The lowest BCUT2D eigenvalue weighted by Gasteiger charge is -2.18. The average Bonchev–Trinajstić information content (AvgIpc) is 3.43. The Balaban J connectivity index is 2.05. The lowest BCUT2D eigenvalue weighted by atomic mass is 10.0. The van der Waals surface area contributed by atoms with Gasteiger partial charge in [0.05, 0.1) is 16.1 Å². The van der Waals surface area contributed by atoms with Crippen LogP contribution >= 0.6 is 11.6 Å². The van der Waals surface area contributed by atoms with E-state index in [0.29, 0.717) is 5.92 Å². The van der Waals surface area contributed by atoms with Crippen LogP contribution in [0.3, 0.4) is 0 Å². The van der Waals surface area contributed by atoms with Crippen LogP contribution in [0.25, 0.3) is 11.1 Å².